The number of benzene rings is 2. The van der Waals surface area contributed by atoms with Gasteiger partial charge in [-0.25, -0.2) is 4.39 Å². The van der Waals surface area contributed by atoms with Gasteiger partial charge in [0.05, 0.1) is 0 Å². The van der Waals surface area contributed by atoms with Gasteiger partial charge in [-0.3, -0.25) is 9.69 Å². The molecule has 2 aromatic rings. The summed E-state index contributed by atoms with van der Waals surface area (Å²) in [7, 11) is 0. The van der Waals surface area contributed by atoms with Gasteiger partial charge in [-0.2, -0.15) is 0 Å². The van der Waals surface area contributed by atoms with E-state index in [0.717, 1.165) is 24.1 Å². The normalized spacial score (nSPS) is 15.7. The summed E-state index contributed by atoms with van der Waals surface area (Å²) in [5.41, 5.74) is 1.68. The van der Waals surface area contributed by atoms with E-state index in [1.54, 1.807) is 17.0 Å². The molecule has 0 aromatic heterocycles. The molecule has 0 radical (unpaired) electrons. The van der Waals surface area contributed by atoms with Gasteiger partial charge in [0.15, 0.2) is 0 Å². The number of halogens is 2. The molecule has 1 fully saturated rings. The third-order valence-corrected chi connectivity index (χ3v) is 4.58. The highest BCUT2D eigenvalue weighted by atomic mass is 79.9. The van der Waals surface area contributed by atoms with Crippen LogP contribution in [0.5, 0.6) is 0 Å². The Labute approximate surface area is 143 Å². The average Bonchev–Trinajstić information content (AvgIpc) is 2.57. The Kier molecular flexibility index (Phi) is 5.08. The Balaban J connectivity index is 1.55. The summed E-state index contributed by atoms with van der Waals surface area (Å²) in [6.07, 6.45) is 0. The third kappa shape index (κ3) is 4.18. The summed E-state index contributed by atoms with van der Waals surface area (Å²) in [5, 5.41) is 0. The standard InChI is InChI=1S/C18H18BrFN2O/c19-16-6-4-14(5-7-16)13-21-8-10-22(11-9-21)18(23)15-2-1-3-17(20)12-15/h1-7,12H,8-11,13H2. The smallest absolute Gasteiger partial charge is 0.254 e. The van der Waals surface area contributed by atoms with Crippen LogP contribution in [0.3, 0.4) is 0 Å². The lowest BCUT2D eigenvalue weighted by Crippen LogP contribution is -2.48. The third-order valence-electron chi connectivity index (χ3n) is 4.05. The monoisotopic (exact) mass is 376 g/mol. The molecule has 2 aromatic carbocycles. The van der Waals surface area contributed by atoms with Crippen LogP contribution in [0.25, 0.3) is 0 Å². The first-order valence-electron chi connectivity index (χ1n) is 7.63. The fourth-order valence-electron chi connectivity index (χ4n) is 2.76. The first-order valence-corrected chi connectivity index (χ1v) is 8.43. The maximum Gasteiger partial charge on any atom is 0.254 e. The summed E-state index contributed by atoms with van der Waals surface area (Å²) in [6.45, 7) is 3.89. The number of carbonyl (C=O) groups is 1. The largest absolute Gasteiger partial charge is 0.336 e. The number of hydrogen-bond donors (Lipinski definition) is 0. The van der Waals surface area contributed by atoms with Crippen molar-refractivity contribution < 1.29 is 9.18 Å². The molecule has 0 saturated carbocycles. The number of nitrogens with zero attached hydrogens (tertiary/aromatic N) is 2. The molecular weight excluding hydrogens is 359 g/mol. The molecule has 5 heteroatoms. The SMILES string of the molecule is O=C(c1cccc(F)c1)N1CCN(Cc2ccc(Br)cc2)CC1. The second-order valence-electron chi connectivity index (χ2n) is 5.71. The van der Waals surface area contributed by atoms with Crippen molar-refractivity contribution in [2.24, 2.45) is 0 Å². The number of amides is 1. The van der Waals surface area contributed by atoms with Crippen LogP contribution in [0.2, 0.25) is 0 Å². The minimum Gasteiger partial charge on any atom is -0.336 e. The highest BCUT2D eigenvalue weighted by molar-refractivity contribution is 9.10. The fraction of sp³-hybridized carbons (Fsp3) is 0.278. The van der Waals surface area contributed by atoms with Crippen molar-refractivity contribution in [1.29, 1.82) is 0 Å². The van der Waals surface area contributed by atoms with E-state index < -0.39 is 0 Å². The van der Waals surface area contributed by atoms with Gasteiger partial charge < -0.3 is 4.90 Å². The van der Waals surface area contributed by atoms with E-state index in [9.17, 15) is 9.18 Å². The molecule has 0 aliphatic carbocycles. The lowest BCUT2D eigenvalue weighted by atomic mass is 10.1. The van der Waals surface area contributed by atoms with E-state index >= 15 is 0 Å². The molecule has 120 valence electrons. The van der Waals surface area contributed by atoms with Gasteiger partial charge in [0, 0.05) is 42.8 Å². The molecule has 23 heavy (non-hydrogen) atoms. The maximum absolute atomic E-state index is 13.2. The van der Waals surface area contributed by atoms with Gasteiger partial charge in [-0.05, 0) is 35.9 Å². The maximum atomic E-state index is 13.2. The molecule has 0 atom stereocenters. The van der Waals surface area contributed by atoms with Gasteiger partial charge >= 0.3 is 0 Å². The van der Waals surface area contributed by atoms with Crippen LogP contribution in [-0.2, 0) is 6.54 Å². The zero-order chi connectivity index (χ0) is 16.2. The molecular formula is C18H18BrFN2O. The number of carbonyl (C=O) groups excluding carboxylic acids is 1. The molecule has 3 nitrogen and oxygen atoms in total. The Morgan fingerprint density at radius 2 is 1.74 bits per heavy atom. The van der Waals surface area contributed by atoms with Gasteiger partial charge in [0.1, 0.15) is 5.82 Å². The molecule has 1 heterocycles. The summed E-state index contributed by atoms with van der Waals surface area (Å²) in [5.74, 6) is -0.461. The van der Waals surface area contributed by atoms with E-state index in [1.165, 1.54) is 17.7 Å². The van der Waals surface area contributed by atoms with E-state index in [0.29, 0.717) is 18.7 Å². The van der Waals surface area contributed by atoms with Gasteiger partial charge in [0.25, 0.3) is 5.91 Å². The number of hydrogen-bond acceptors (Lipinski definition) is 2. The molecule has 1 amide bonds. The second-order valence-corrected chi connectivity index (χ2v) is 6.62. The summed E-state index contributed by atoms with van der Waals surface area (Å²) in [6, 6.07) is 14.2. The van der Waals surface area contributed by atoms with Crippen molar-refractivity contribution in [1.82, 2.24) is 9.80 Å². The number of rotatable bonds is 3. The van der Waals surface area contributed by atoms with Crippen molar-refractivity contribution in [3.63, 3.8) is 0 Å². The zero-order valence-corrected chi connectivity index (χ0v) is 14.3. The van der Waals surface area contributed by atoms with Gasteiger partial charge in [0.2, 0.25) is 0 Å². The van der Waals surface area contributed by atoms with E-state index in [-0.39, 0.29) is 11.7 Å². The first-order chi connectivity index (χ1) is 11.1. The topological polar surface area (TPSA) is 23.6 Å². The second kappa shape index (κ2) is 7.23. The molecule has 1 aliphatic heterocycles. The lowest BCUT2D eigenvalue weighted by molar-refractivity contribution is 0.0628. The molecule has 0 bridgehead atoms. The summed E-state index contributed by atoms with van der Waals surface area (Å²) < 4.78 is 14.3. The molecule has 1 saturated heterocycles. The average molecular weight is 377 g/mol. The molecule has 0 spiro atoms. The van der Waals surface area contributed by atoms with E-state index in [1.807, 2.05) is 12.1 Å². The summed E-state index contributed by atoms with van der Waals surface area (Å²) >= 11 is 3.44. The van der Waals surface area contributed by atoms with Crippen LogP contribution >= 0.6 is 15.9 Å². The zero-order valence-electron chi connectivity index (χ0n) is 12.7. The van der Waals surface area contributed by atoms with Crippen LogP contribution in [0.4, 0.5) is 4.39 Å². The van der Waals surface area contributed by atoms with E-state index in [2.05, 4.69) is 33.0 Å². The fourth-order valence-corrected chi connectivity index (χ4v) is 3.03. The minimum atomic E-state index is -0.371. The van der Waals surface area contributed by atoms with Crippen LogP contribution in [0.15, 0.2) is 53.0 Å². The summed E-state index contributed by atoms with van der Waals surface area (Å²) in [4.78, 5) is 16.5. The molecule has 0 N–H and O–H groups in total. The molecule has 1 aliphatic rings. The Morgan fingerprint density at radius 1 is 1.04 bits per heavy atom. The predicted molar refractivity (Wildman–Crippen MR) is 91.7 cm³/mol. The quantitative estimate of drug-likeness (QED) is 0.817. The first kappa shape index (κ1) is 16.1. The van der Waals surface area contributed by atoms with Crippen molar-refractivity contribution in [3.8, 4) is 0 Å². The van der Waals surface area contributed by atoms with Crippen molar-refractivity contribution >= 4 is 21.8 Å². The Hall–Kier alpha value is -1.72. The molecule has 3 rings (SSSR count). The van der Waals surface area contributed by atoms with Crippen LogP contribution in [0, 0.1) is 5.82 Å². The van der Waals surface area contributed by atoms with Crippen LogP contribution in [-0.4, -0.2) is 41.9 Å². The molecule has 0 unspecified atom stereocenters. The van der Waals surface area contributed by atoms with Gasteiger partial charge in [-0.1, -0.05) is 34.1 Å². The van der Waals surface area contributed by atoms with E-state index in [4.69, 9.17) is 0 Å². The predicted octanol–water partition coefficient (Wildman–Crippen LogP) is 3.55. The Bertz CT molecular complexity index is 682. The highest BCUT2D eigenvalue weighted by Gasteiger charge is 2.22. The van der Waals surface area contributed by atoms with Crippen LogP contribution in [0.1, 0.15) is 15.9 Å². The minimum absolute atomic E-state index is 0.0900. The van der Waals surface area contributed by atoms with Crippen molar-refractivity contribution in [2.45, 2.75) is 6.54 Å². The van der Waals surface area contributed by atoms with Crippen molar-refractivity contribution in [2.75, 3.05) is 26.2 Å². The van der Waals surface area contributed by atoms with Crippen LogP contribution < -0.4 is 0 Å². The highest BCUT2D eigenvalue weighted by Crippen LogP contribution is 2.15. The van der Waals surface area contributed by atoms with Gasteiger partial charge in [-0.15, -0.1) is 0 Å². The Morgan fingerprint density at radius 3 is 2.39 bits per heavy atom. The van der Waals surface area contributed by atoms with Crippen molar-refractivity contribution in [3.05, 3.63) is 69.9 Å². The number of piperazine rings is 1. The lowest BCUT2D eigenvalue weighted by Gasteiger charge is -2.34.